The van der Waals surface area contributed by atoms with Crippen LogP contribution in [-0.2, 0) is 18.6 Å². The Hall–Kier alpha value is -0.470. The Balaban J connectivity index is 3.79. The van der Waals surface area contributed by atoms with E-state index in [4.69, 9.17) is 9.26 Å². The average Bonchev–Trinajstić information content (AvgIpc) is 2.28. The summed E-state index contributed by atoms with van der Waals surface area (Å²) < 4.78 is 21.8. The molecule has 0 aromatic heterocycles. The molecule has 0 saturated carbocycles. The molecule has 2 atom stereocenters. The van der Waals surface area contributed by atoms with E-state index in [0.29, 0.717) is 6.61 Å². The van der Waals surface area contributed by atoms with Gasteiger partial charge < -0.3 is 4.74 Å². The van der Waals surface area contributed by atoms with Gasteiger partial charge in [-0.05, 0) is 23.8 Å². The lowest BCUT2D eigenvalue weighted by Gasteiger charge is -2.05. The first-order chi connectivity index (χ1) is 8.13. The van der Waals surface area contributed by atoms with Crippen LogP contribution in [-0.4, -0.2) is 24.8 Å². The Kier molecular flexibility index (Phi) is 10.4. The summed E-state index contributed by atoms with van der Waals surface area (Å²) >= 11 is 0. The van der Waals surface area contributed by atoms with Crippen LogP contribution in [0.1, 0.15) is 52.9 Å². The molecule has 0 aromatic carbocycles. The van der Waals surface area contributed by atoms with Crippen molar-refractivity contribution in [2.24, 2.45) is 0 Å². The standard InChI is InChI=1S/C12H24O4P/c1-4-7-9-15-12(13)10-17(14)16-11(6-3)8-5-2/h11H,4-10H2,1-3H3/q+1. The van der Waals surface area contributed by atoms with Gasteiger partial charge in [-0.15, -0.1) is 4.52 Å². The van der Waals surface area contributed by atoms with Crippen molar-refractivity contribution in [2.75, 3.05) is 12.8 Å². The maximum absolute atomic E-state index is 11.6. The van der Waals surface area contributed by atoms with E-state index in [1.54, 1.807) is 0 Å². The average molecular weight is 263 g/mol. The summed E-state index contributed by atoms with van der Waals surface area (Å²) in [6, 6.07) is 0. The normalized spacial score (nSPS) is 13.2. The molecule has 0 heterocycles. The van der Waals surface area contributed by atoms with E-state index in [0.717, 1.165) is 32.1 Å². The summed E-state index contributed by atoms with van der Waals surface area (Å²) in [5.41, 5.74) is 0. The Morgan fingerprint density at radius 2 is 1.94 bits per heavy atom. The van der Waals surface area contributed by atoms with Gasteiger partial charge in [0.25, 0.3) is 6.16 Å². The highest BCUT2D eigenvalue weighted by Gasteiger charge is 2.27. The first-order valence-electron chi connectivity index (χ1n) is 6.41. The van der Waals surface area contributed by atoms with Crippen molar-refractivity contribution in [1.29, 1.82) is 0 Å². The van der Waals surface area contributed by atoms with Crippen LogP contribution in [0.4, 0.5) is 0 Å². The fourth-order valence-electron chi connectivity index (χ4n) is 1.34. The molecule has 0 aliphatic heterocycles. The van der Waals surface area contributed by atoms with Crippen LogP contribution < -0.4 is 0 Å². The number of hydrogen-bond acceptors (Lipinski definition) is 4. The molecule has 2 unspecified atom stereocenters. The monoisotopic (exact) mass is 263 g/mol. The van der Waals surface area contributed by atoms with Gasteiger partial charge in [-0.2, -0.15) is 0 Å². The summed E-state index contributed by atoms with van der Waals surface area (Å²) in [5.74, 6) is -0.425. The lowest BCUT2D eigenvalue weighted by molar-refractivity contribution is -0.140. The third kappa shape index (κ3) is 9.25. The molecular formula is C12H24O4P+. The Morgan fingerprint density at radius 3 is 2.47 bits per heavy atom. The first kappa shape index (κ1) is 16.5. The van der Waals surface area contributed by atoms with Gasteiger partial charge in [-0.1, -0.05) is 33.6 Å². The highest BCUT2D eigenvalue weighted by atomic mass is 31.1. The second-order valence-corrected chi connectivity index (χ2v) is 5.18. The quantitative estimate of drug-likeness (QED) is 0.343. The Morgan fingerprint density at radius 1 is 1.24 bits per heavy atom. The minimum Gasteiger partial charge on any atom is -0.462 e. The van der Waals surface area contributed by atoms with Gasteiger partial charge in [0.05, 0.1) is 6.61 Å². The predicted octanol–water partition coefficient (Wildman–Crippen LogP) is 3.67. The zero-order valence-electron chi connectivity index (χ0n) is 11.1. The molecule has 0 aromatic rings. The van der Waals surface area contributed by atoms with Crippen molar-refractivity contribution in [1.82, 2.24) is 0 Å². The minimum absolute atomic E-state index is 0.00736. The third-order valence-corrected chi connectivity index (χ3v) is 3.40. The molecule has 4 nitrogen and oxygen atoms in total. The van der Waals surface area contributed by atoms with Gasteiger partial charge in [0.15, 0.2) is 0 Å². The fraction of sp³-hybridized carbons (Fsp3) is 0.917. The molecule has 0 aliphatic carbocycles. The molecule has 0 aliphatic rings. The van der Waals surface area contributed by atoms with E-state index in [9.17, 15) is 9.36 Å². The molecule has 17 heavy (non-hydrogen) atoms. The molecule has 0 fully saturated rings. The molecule has 0 rings (SSSR count). The van der Waals surface area contributed by atoms with Gasteiger partial charge in [-0.3, -0.25) is 0 Å². The van der Waals surface area contributed by atoms with Crippen LogP contribution in [0.2, 0.25) is 0 Å². The Bertz CT molecular complexity index is 231. The fourth-order valence-corrected chi connectivity index (χ4v) is 2.30. The lowest BCUT2D eigenvalue weighted by atomic mass is 10.2. The molecular weight excluding hydrogens is 239 g/mol. The summed E-state index contributed by atoms with van der Waals surface area (Å²) in [6.07, 6.45) is 4.37. The second-order valence-electron chi connectivity index (χ2n) is 3.99. The number of hydrogen-bond donors (Lipinski definition) is 0. The molecule has 0 bridgehead atoms. The van der Waals surface area contributed by atoms with Crippen molar-refractivity contribution in [3.63, 3.8) is 0 Å². The van der Waals surface area contributed by atoms with Crippen LogP contribution in [0.5, 0.6) is 0 Å². The highest BCUT2D eigenvalue weighted by Crippen LogP contribution is 2.27. The van der Waals surface area contributed by atoms with Crippen molar-refractivity contribution in [3.05, 3.63) is 0 Å². The number of ether oxygens (including phenoxy) is 1. The SMILES string of the molecule is CCCCOC(=O)C[P+](=O)OC(CC)CCC. The van der Waals surface area contributed by atoms with Gasteiger partial charge in [0, 0.05) is 0 Å². The smallest absolute Gasteiger partial charge is 0.462 e. The van der Waals surface area contributed by atoms with Crippen LogP contribution in [0.15, 0.2) is 0 Å². The number of esters is 1. The summed E-state index contributed by atoms with van der Waals surface area (Å²) in [6.45, 7) is 6.47. The van der Waals surface area contributed by atoms with Crippen LogP contribution >= 0.6 is 8.03 Å². The van der Waals surface area contributed by atoms with E-state index in [2.05, 4.69) is 6.92 Å². The van der Waals surface area contributed by atoms with Gasteiger partial charge in [0.1, 0.15) is 6.10 Å². The summed E-state index contributed by atoms with van der Waals surface area (Å²) in [4.78, 5) is 11.3. The van der Waals surface area contributed by atoms with Crippen molar-refractivity contribution in [3.8, 4) is 0 Å². The van der Waals surface area contributed by atoms with Crippen molar-refractivity contribution < 1.29 is 18.6 Å². The topological polar surface area (TPSA) is 52.6 Å². The maximum atomic E-state index is 11.6. The maximum Gasteiger partial charge on any atom is 0.520 e. The van der Waals surface area contributed by atoms with Crippen LogP contribution in [0.25, 0.3) is 0 Å². The third-order valence-electron chi connectivity index (χ3n) is 2.35. The van der Waals surface area contributed by atoms with Gasteiger partial charge in [0.2, 0.25) is 0 Å². The first-order valence-corrected chi connectivity index (χ1v) is 7.77. The van der Waals surface area contributed by atoms with Gasteiger partial charge >= 0.3 is 14.0 Å². The molecule has 0 saturated heterocycles. The van der Waals surface area contributed by atoms with E-state index < -0.39 is 14.0 Å². The van der Waals surface area contributed by atoms with Crippen LogP contribution in [0.3, 0.4) is 0 Å². The highest BCUT2D eigenvalue weighted by molar-refractivity contribution is 7.40. The number of rotatable bonds is 10. The van der Waals surface area contributed by atoms with Crippen LogP contribution in [0, 0.1) is 0 Å². The summed E-state index contributed by atoms with van der Waals surface area (Å²) in [5, 5.41) is 0. The van der Waals surface area contributed by atoms with E-state index in [1.807, 2.05) is 13.8 Å². The van der Waals surface area contributed by atoms with E-state index in [1.165, 1.54) is 0 Å². The van der Waals surface area contributed by atoms with E-state index >= 15 is 0 Å². The lowest BCUT2D eigenvalue weighted by Crippen LogP contribution is -2.12. The number of unbranched alkanes of at least 4 members (excludes halogenated alkanes) is 1. The zero-order chi connectivity index (χ0) is 13.1. The zero-order valence-corrected chi connectivity index (χ0v) is 12.0. The second kappa shape index (κ2) is 10.7. The Labute approximate surface area is 105 Å². The molecule has 0 amide bonds. The van der Waals surface area contributed by atoms with Gasteiger partial charge in [-0.25, -0.2) is 4.79 Å². The van der Waals surface area contributed by atoms with Crippen molar-refractivity contribution in [2.45, 2.75) is 59.0 Å². The summed E-state index contributed by atoms with van der Waals surface area (Å²) in [7, 11) is -1.92. The minimum atomic E-state index is -1.92. The van der Waals surface area contributed by atoms with Crippen molar-refractivity contribution >= 4 is 14.0 Å². The molecule has 100 valence electrons. The molecule has 0 spiro atoms. The molecule has 0 radical (unpaired) electrons. The largest absolute Gasteiger partial charge is 0.520 e. The van der Waals surface area contributed by atoms with E-state index in [-0.39, 0.29) is 12.3 Å². The number of carbonyl (C=O) groups is 1. The molecule has 0 N–H and O–H groups in total. The predicted molar refractivity (Wildman–Crippen MR) is 68.4 cm³/mol. The molecule has 5 heteroatoms. The number of carbonyl (C=O) groups excluding carboxylic acids is 1.